The summed E-state index contributed by atoms with van der Waals surface area (Å²) in [5, 5.41) is 8.28. The number of alkyl halides is 3. The zero-order chi connectivity index (χ0) is 30.3. The molecular weight excluding hydrogens is 573 g/mol. The minimum Gasteiger partial charge on any atom is -0.489 e. The van der Waals surface area contributed by atoms with E-state index >= 15 is 0 Å². The van der Waals surface area contributed by atoms with E-state index in [1.165, 1.54) is 29.6 Å². The molecule has 2 aliphatic heterocycles. The summed E-state index contributed by atoms with van der Waals surface area (Å²) in [5.74, 6) is 0.291. The molecule has 2 aliphatic rings. The largest absolute Gasteiger partial charge is 0.489 e. The van der Waals surface area contributed by atoms with E-state index in [-0.39, 0.29) is 35.1 Å². The lowest BCUT2D eigenvalue weighted by atomic mass is 9.95. The molecule has 3 heterocycles. The van der Waals surface area contributed by atoms with Gasteiger partial charge in [-0.15, -0.1) is 0 Å². The van der Waals surface area contributed by atoms with Gasteiger partial charge < -0.3 is 25.6 Å². The first-order valence-electron chi connectivity index (χ1n) is 13.3. The van der Waals surface area contributed by atoms with Crippen molar-refractivity contribution in [1.82, 2.24) is 14.6 Å². The van der Waals surface area contributed by atoms with Crippen LogP contribution in [0, 0.1) is 0 Å². The number of halogens is 3. The minimum atomic E-state index is -4.69. The highest BCUT2D eigenvalue weighted by Crippen LogP contribution is 2.43. The van der Waals surface area contributed by atoms with E-state index in [0.717, 1.165) is 11.9 Å². The number of pyridine rings is 1. The second kappa shape index (κ2) is 11.0. The molecule has 1 fully saturated rings. The molecule has 1 saturated heterocycles. The van der Waals surface area contributed by atoms with E-state index in [4.69, 9.17) is 4.74 Å². The summed E-state index contributed by atoms with van der Waals surface area (Å²) in [6.07, 6.45) is -3.96. The Morgan fingerprint density at radius 2 is 1.86 bits per heavy atom. The maximum atomic E-state index is 13.9. The van der Waals surface area contributed by atoms with Crippen molar-refractivity contribution in [3.8, 4) is 5.75 Å². The van der Waals surface area contributed by atoms with Crippen LogP contribution in [-0.4, -0.2) is 68.2 Å². The summed E-state index contributed by atoms with van der Waals surface area (Å²) in [6, 6.07) is 12.8. The number of sulfonamides is 1. The van der Waals surface area contributed by atoms with Crippen molar-refractivity contribution < 1.29 is 31.1 Å². The molecule has 0 saturated carbocycles. The van der Waals surface area contributed by atoms with Crippen molar-refractivity contribution in [2.75, 3.05) is 54.6 Å². The SMILES string of the molecule is CCS(=O)(=O)N1CCN2c3ccc(Nc4cc(Nc5ccccc5C(=O)NC)c(C(F)(F)F)cn4)cc3OC[C@@]2(C)C1. The number of benzene rings is 2. The highest BCUT2D eigenvalue weighted by molar-refractivity contribution is 7.89. The fraction of sp³-hybridized carbons (Fsp3) is 0.357. The number of anilines is 5. The van der Waals surface area contributed by atoms with Crippen LogP contribution >= 0.6 is 0 Å². The van der Waals surface area contributed by atoms with Gasteiger partial charge in [0.2, 0.25) is 10.0 Å². The van der Waals surface area contributed by atoms with Gasteiger partial charge in [-0.2, -0.15) is 17.5 Å². The first kappa shape index (κ1) is 29.5. The number of fused-ring (bicyclic) bond motifs is 3. The number of nitrogens with zero attached hydrogens (tertiary/aromatic N) is 3. The molecule has 0 spiro atoms. The van der Waals surface area contributed by atoms with Gasteiger partial charge >= 0.3 is 6.18 Å². The molecule has 0 unspecified atom stereocenters. The molecule has 0 radical (unpaired) electrons. The Morgan fingerprint density at radius 3 is 2.57 bits per heavy atom. The molecule has 5 rings (SSSR count). The normalized spacial score (nSPS) is 18.9. The Morgan fingerprint density at radius 1 is 1.10 bits per heavy atom. The van der Waals surface area contributed by atoms with Gasteiger partial charge in [0.05, 0.1) is 39.5 Å². The molecule has 1 amide bonds. The Labute approximate surface area is 241 Å². The Hall–Kier alpha value is -4.04. The van der Waals surface area contributed by atoms with E-state index in [0.29, 0.717) is 31.1 Å². The molecule has 0 aliphatic carbocycles. The molecule has 10 nitrogen and oxygen atoms in total. The zero-order valence-electron chi connectivity index (χ0n) is 23.2. The topological polar surface area (TPSA) is 116 Å². The maximum Gasteiger partial charge on any atom is 0.419 e. The Kier molecular flexibility index (Phi) is 7.70. The van der Waals surface area contributed by atoms with Crippen LogP contribution in [0.3, 0.4) is 0 Å². The minimum absolute atomic E-state index is 0.0331. The number of nitrogens with one attached hydrogen (secondary N) is 3. The molecule has 2 aromatic carbocycles. The number of hydrogen-bond acceptors (Lipinski definition) is 8. The summed E-state index contributed by atoms with van der Waals surface area (Å²) in [6.45, 7) is 5.00. The lowest BCUT2D eigenvalue weighted by Gasteiger charge is -2.52. The number of piperazine rings is 1. The van der Waals surface area contributed by atoms with Crippen LogP contribution in [0.1, 0.15) is 29.8 Å². The average Bonchev–Trinajstić information content (AvgIpc) is 2.96. The van der Waals surface area contributed by atoms with Crippen LogP contribution in [0.2, 0.25) is 0 Å². The summed E-state index contributed by atoms with van der Waals surface area (Å²) in [4.78, 5) is 18.4. The van der Waals surface area contributed by atoms with Gasteiger partial charge in [-0.05, 0) is 38.1 Å². The van der Waals surface area contributed by atoms with Crippen LogP contribution in [0.5, 0.6) is 5.75 Å². The Balaban J connectivity index is 1.41. The number of amides is 1. The third-order valence-corrected chi connectivity index (χ3v) is 9.27. The monoisotopic (exact) mass is 604 g/mol. The predicted octanol–water partition coefficient (Wildman–Crippen LogP) is 4.57. The summed E-state index contributed by atoms with van der Waals surface area (Å²) >= 11 is 0. The number of aromatic nitrogens is 1. The number of hydrogen-bond donors (Lipinski definition) is 3. The van der Waals surface area contributed by atoms with Crippen molar-refractivity contribution in [2.45, 2.75) is 25.6 Å². The highest BCUT2D eigenvalue weighted by Gasteiger charge is 2.45. The molecule has 3 aromatic rings. The first-order chi connectivity index (χ1) is 19.8. The number of carbonyl (C=O) groups is 1. The van der Waals surface area contributed by atoms with Crippen LogP contribution in [0.15, 0.2) is 54.7 Å². The summed E-state index contributed by atoms with van der Waals surface area (Å²) in [5.41, 5.74) is -0.0886. The van der Waals surface area contributed by atoms with Gasteiger partial charge in [0.15, 0.2) is 0 Å². The third kappa shape index (κ3) is 5.68. The van der Waals surface area contributed by atoms with Gasteiger partial charge in [0, 0.05) is 50.7 Å². The number of carbonyl (C=O) groups excluding carboxylic acids is 1. The lowest BCUT2D eigenvalue weighted by molar-refractivity contribution is -0.137. The second-order valence-corrected chi connectivity index (χ2v) is 12.6. The standard InChI is InChI=1S/C28H31F3N6O4S/c1-4-42(39,40)36-11-12-37-23-10-9-18(13-24(23)41-17-27(37,2)16-36)34-25-14-22(20(15-33-25)28(29,30)31)35-21-8-6-5-7-19(21)26(38)32-3/h5-10,13-15H,4,11-12,16-17H2,1-3H3,(H,32,38)(H2,33,34,35)/t27-/m1/s1. The second-order valence-electron chi connectivity index (χ2n) is 10.3. The zero-order valence-corrected chi connectivity index (χ0v) is 24.1. The van der Waals surface area contributed by atoms with E-state index < -0.39 is 33.2 Å². The van der Waals surface area contributed by atoms with Crippen molar-refractivity contribution in [3.63, 3.8) is 0 Å². The summed E-state index contributed by atoms with van der Waals surface area (Å²) in [7, 11) is -1.90. The van der Waals surface area contributed by atoms with Gasteiger partial charge in [0.1, 0.15) is 18.2 Å². The van der Waals surface area contributed by atoms with E-state index in [9.17, 15) is 26.4 Å². The van der Waals surface area contributed by atoms with Crippen molar-refractivity contribution in [2.24, 2.45) is 0 Å². The van der Waals surface area contributed by atoms with Crippen molar-refractivity contribution in [3.05, 3.63) is 65.9 Å². The number of rotatable bonds is 7. The molecular formula is C28H31F3N6O4S. The average molecular weight is 605 g/mol. The van der Waals surface area contributed by atoms with Crippen LogP contribution in [-0.2, 0) is 16.2 Å². The van der Waals surface area contributed by atoms with Crippen LogP contribution in [0.4, 0.5) is 41.7 Å². The van der Waals surface area contributed by atoms with Crippen molar-refractivity contribution in [1.29, 1.82) is 0 Å². The van der Waals surface area contributed by atoms with Crippen LogP contribution in [0.25, 0.3) is 0 Å². The highest BCUT2D eigenvalue weighted by atomic mass is 32.2. The summed E-state index contributed by atoms with van der Waals surface area (Å²) < 4.78 is 74.1. The van der Waals surface area contributed by atoms with E-state index in [2.05, 4.69) is 25.8 Å². The maximum absolute atomic E-state index is 13.9. The number of ether oxygens (including phenoxy) is 1. The molecule has 1 aromatic heterocycles. The molecule has 1 atom stereocenters. The van der Waals surface area contributed by atoms with Gasteiger partial charge in [-0.3, -0.25) is 4.79 Å². The fourth-order valence-electron chi connectivity index (χ4n) is 5.22. The molecule has 3 N–H and O–H groups in total. The van der Waals surface area contributed by atoms with E-state index in [1.54, 1.807) is 31.2 Å². The van der Waals surface area contributed by atoms with E-state index in [1.807, 2.05) is 13.0 Å². The molecule has 14 heteroatoms. The molecule has 0 bridgehead atoms. The predicted molar refractivity (Wildman–Crippen MR) is 154 cm³/mol. The Bertz CT molecular complexity index is 1620. The van der Waals surface area contributed by atoms with Crippen LogP contribution < -0.4 is 25.6 Å². The molecule has 224 valence electrons. The molecule has 42 heavy (non-hydrogen) atoms. The first-order valence-corrected chi connectivity index (χ1v) is 14.9. The van der Waals surface area contributed by atoms with Gasteiger partial charge in [-0.25, -0.2) is 13.4 Å². The van der Waals surface area contributed by atoms with Gasteiger partial charge in [-0.1, -0.05) is 12.1 Å². The number of para-hydroxylation sites is 1. The fourth-order valence-corrected chi connectivity index (χ4v) is 6.41. The lowest BCUT2D eigenvalue weighted by Crippen LogP contribution is -2.66. The third-order valence-electron chi connectivity index (χ3n) is 7.44. The smallest absolute Gasteiger partial charge is 0.419 e. The van der Waals surface area contributed by atoms with Crippen molar-refractivity contribution >= 4 is 44.5 Å². The quantitative estimate of drug-likeness (QED) is 0.359. The van der Waals surface area contributed by atoms with Gasteiger partial charge in [0.25, 0.3) is 5.91 Å².